The van der Waals surface area contributed by atoms with E-state index in [1.807, 2.05) is 4.52 Å². The van der Waals surface area contributed by atoms with Gasteiger partial charge in [0.1, 0.15) is 5.01 Å². The average Bonchev–Trinajstić information content (AvgIpc) is 3.14. The Hall–Kier alpha value is -1.01. The highest BCUT2D eigenvalue weighted by molar-refractivity contribution is 7.16. The first-order valence-electron chi connectivity index (χ1n) is 8.17. The van der Waals surface area contributed by atoms with Crippen molar-refractivity contribution >= 4 is 16.3 Å². The molecule has 2 saturated carbocycles. The Morgan fingerprint density at radius 2 is 2.00 bits per heavy atom. The molecule has 0 aliphatic heterocycles. The molecule has 2 aliphatic carbocycles. The third kappa shape index (κ3) is 2.28. The van der Waals surface area contributed by atoms with Crippen molar-refractivity contribution in [2.75, 3.05) is 0 Å². The van der Waals surface area contributed by atoms with Gasteiger partial charge in [0.2, 0.25) is 4.96 Å². The van der Waals surface area contributed by atoms with Gasteiger partial charge in [0.15, 0.2) is 5.82 Å². The van der Waals surface area contributed by atoms with Gasteiger partial charge in [-0.25, -0.2) is 0 Å². The Morgan fingerprint density at radius 1 is 1.19 bits per heavy atom. The van der Waals surface area contributed by atoms with E-state index in [4.69, 9.17) is 10.8 Å². The highest BCUT2D eigenvalue weighted by Gasteiger charge is 2.36. The molecule has 0 radical (unpaired) electrons. The van der Waals surface area contributed by atoms with Crippen LogP contribution in [0.2, 0.25) is 0 Å². The van der Waals surface area contributed by atoms with Crippen LogP contribution in [0, 0.1) is 5.92 Å². The molecule has 2 N–H and O–H groups in total. The van der Waals surface area contributed by atoms with Crippen LogP contribution in [0.1, 0.15) is 75.0 Å². The second-order valence-electron chi connectivity index (χ2n) is 7.00. The third-order valence-corrected chi connectivity index (χ3v) is 6.31. The molecule has 5 nitrogen and oxygen atoms in total. The molecule has 2 unspecified atom stereocenters. The zero-order valence-corrected chi connectivity index (χ0v) is 13.4. The molecule has 2 fully saturated rings. The number of nitrogens with two attached hydrogens (primary N) is 1. The molecule has 2 aromatic heterocycles. The molecule has 4 rings (SSSR count). The van der Waals surface area contributed by atoms with E-state index in [0.717, 1.165) is 28.6 Å². The molecule has 0 bridgehead atoms. The summed E-state index contributed by atoms with van der Waals surface area (Å²) in [7, 11) is 0. The minimum atomic E-state index is -0.254. The summed E-state index contributed by atoms with van der Waals surface area (Å²) in [5.41, 5.74) is 6.43. The SMILES string of the molecule is CC1CCCC(N)(c2nn3c(C4CCCC4)nnc3s2)C1. The lowest BCUT2D eigenvalue weighted by molar-refractivity contribution is 0.237. The van der Waals surface area contributed by atoms with E-state index < -0.39 is 0 Å². The fourth-order valence-electron chi connectivity index (χ4n) is 4.06. The van der Waals surface area contributed by atoms with E-state index in [-0.39, 0.29) is 5.54 Å². The van der Waals surface area contributed by atoms with Crippen molar-refractivity contribution in [2.45, 2.75) is 69.7 Å². The molecule has 6 heteroatoms. The summed E-state index contributed by atoms with van der Waals surface area (Å²) in [5, 5.41) is 14.6. The fourth-order valence-corrected chi connectivity index (χ4v) is 5.04. The van der Waals surface area contributed by atoms with Gasteiger partial charge in [-0.1, -0.05) is 43.9 Å². The standard InChI is InChI=1S/C15H23N5S/c1-10-5-4-8-15(16,9-10)13-19-20-12(11-6-2-3-7-11)17-18-14(20)21-13/h10-11H,2-9,16H2,1H3. The average molecular weight is 305 g/mol. The van der Waals surface area contributed by atoms with Gasteiger partial charge in [-0.2, -0.15) is 9.61 Å². The van der Waals surface area contributed by atoms with Crippen LogP contribution in [0.4, 0.5) is 0 Å². The Balaban J connectivity index is 1.70. The molecule has 0 amide bonds. The smallest absolute Gasteiger partial charge is 0.234 e. The van der Waals surface area contributed by atoms with Crippen LogP contribution in [0.3, 0.4) is 0 Å². The van der Waals surface area contributed by atoms with E-state index >= 15 is 0 Å². The van der Waals surface area contributed by atoms with Crippen molar-refractivity contribution in [1.29, 1.82) is 0 Å². The van der Waals surface area contributed by atoms with Crippen LogP contribution < -0.4 is 5.73 Å². The largest absolute Gasteiger partial charge is 0.319 e. The third-order valence-electron chi connectivity index (χ3n) is 5.19. The molecule has 2 heterocycles. The number of fused-ring (bicyclic) bond motifs is 1. The van der Waals surface area contributed by atoms with Crippen molar-refractivity contribution < 1.29 is 0 Å². The lowest BCUT2D eigenvalue weighted by Gasteiger charge is -2.34. The fraction of sp³-hybridized carbons (Fsp3) is 0.800. The molecule has 21 heavy (non-hydrogen) atoms. The minimum Gasteiger partial charge on any atom is -0.319 e. The monoisotopic (exact) mass is 305 g/mol. The number of nitrogens with zero attached hydrogens (tertiary/aromatic N) is 4. The van der Waals surface area contributed by atoms with Gasteiger partial charge >= 0.3 is 0 Å². The Morgan fingerprint density at radius 3 is 2.76 bits per heavy atom. The minimum absolute atomic E-state index is 0.254. The van der Waals surface area contributed by atoms with Crippen molar-refractivity contribution in [1.82, 2.24) is 19.8 Å². The molecular weight excluding hydrogens is 282 g/mol. The molecule has 2 aromatic rings. The van der Waals surface area contributed by atoms with Crippen molar-refractivity contribution in [3.05, 3.63) is 10.8 Å². The van der Waals surface area contributed by atoms with E-state index in [1.54, 1.807) is 11.3 Å². The summed E-state index contributed by atoms with van der Waals surface area (Å²) in [6.45, 7) is 2.30. The summed E-state index contributed by atoms with van der Waals surface area (Å²) in [5.74, 6) is 2.28. The summed E-state index contributed by atoms with van der Waals surface area (Å²) in [6.07, 6.45) is 9.61. The van der Waals surface area contributed by atoms with E-state index in [9.17, 15) is 0 Å². The summed E-state index contributed by atoms with van der Waals surface area (Å²) >= 11 is 1.64. The number of rotatable bonds is 2. The predicted molar refractivity (Wildman–Crippen MR) is 83.4 cm³/mol. The zero-order valence-electron chi connectivity index (χ0n) is 12.6. The van der Waals surface area contributed by atoms with Gasteiger partial charge in [-0.05, 0) is 31.6 Å². The number of hydrogen-bond donors (Lipinski definition) is 1. The van der Waals surface area contributed by atoms with Gasteiger partial charge in [0.05, 0.1) is 5.54 Å². The molecule has 2 atom stereocenters. The maximum absolute atomic E-state index is 6.68. The molecule has 2 aliphatic rings. The van der Waals surface area contributed by atoms with Crippen LogP contribution in [-0.4, -0.2) is 19.8 Å². The first-order chi connectivity index (χ1) is 10.2. The summed E-state index contributed by atoms with van der Waals surface area (Å²) in [4.78, 5) is 0.912. The first kappa shape index (κ1) is 13.6. The maximum Gasteiger partial charge on any atom is 0.234 e. The lowest BCUT2D eigenvalue weighted by Crippen LogP contribution is -2.41. The maximum atomic E-state index is 6.68. The molecule has 0 aromatic carbocycles. The van der Waals surface area contributed by atoms with Gasteiger partial charge in [-0.15, -0.1) is 10.2 Å². The van der Waals surface area contributed by atoms with Gasteiger partial charge < -0.3 is 5.73 Å². The molecule has 114 valence electrons. The van der Waals surface area contributed by atoms with Crippen LogP contribution in [0.15, 0.2) is 0 Å². The number of hydrogen-bond acceptors (Lipinski definition) is 5. The number of aromatic nitrogens is 4. The normalized spacial score (nSPS) is 31.2. The summed E-state index contributed by atoms with van der Waals surface area (Å²) < 4.78 is 1.98. The quantitative estimate of drug-likeness (QED) is 0.925. The van der Waals surface area contributed by atoms with Crippen molar-refractivity contribution in [3.8, 4) is 0 Å². The van der Waals surface area contributed by atoms with Gasteiger partial charge in [0.25, 0.3) is 0 Å². The van der Waals surface area contributed by atoms with E-state index in [2.05, 4.69) is 17.1 Å². The van der Waals surface area contributed by atoms with Crippen LogP contribution in [0.25, 0.3) is 4.96 Å². The second kappa shape index (κ2) is 5.02. The van der Waals surface area contributed by atoms with Gasteiger partial charge in [-0.3, -0.25) is 0 Å². The van der Waals surface area contributed by atoms with E-state index in [0.29, 0.717) is 11.8 Å². The Bertz CT molecular complexity index is 642. The molecule has 0 saturated heterocycles. The Kier molecular flexibility index (Phi) is 3.26. The Labute approximate surface area is 128 Å². The molecular formula is C15H23N5S. The second-order valence-corrected chi connectivity index (χ2v) is 7.95. The highest BCUT2D eigenvalue weighted by Crippen LogP contribution is 2.40. The molecule has 0 spiro atoms. The van der Waals surface area contributed by atoms with Crippen molar-refractivity contribution in [3.63, 3.8) is 0 Å². The van der Waals surface area contributed by atoms with Crippen LogP contribution >= 0.6 is 11.3 Å². The zero-order chi connectivity index (χ0) is 14.4. The first-order valence-corrected chi connectivity index (χ1v) is 8.99. The predicted octanol–water partition coefficient (Wildman–Crippen LogP) is 3.21. The highest BCUT2D eigenvalue weighted by atomic mass is 32.1. The van der Waals surface area contributed by atoms with Crippen molar-refractivity contribution in [2.24, 2.45) is 11.7 Å². The van der Waals surface area contributed by atoms with Gasteiger partial charge in [0, 0.05) is 5.92 Å². The van der Waals surface area contributed by atoms with Crippen LogP contribution in [0.5, 0.6) is 0 Å². The lowest BCUT2D eigenvalue weighted by atomic mass is 9.77. The van der Waals surface area contributed by atoms with E-state index in [1.165, 1.54) is 38.5 Å². The topological polar surface area (TPSA) is 69.1 Å². The van der Waals surface area contributed by atoms with Crippen LogP contribution in [-0.2, 0) is 5.54 Å². The summed E-state index contributed by atoms with van der Waals surface area (Å²) in [6, 6.07) is 0.